The Labute approximate surface area is 120 Å². The van der Waals surface area contributed by atoms with Crippen LogP contribution in [-0.4, -0.2) is 55.0 Å². The third-order valence-corrected chi connectivity index (χ3v) is 3.54. The quantitative estimate of drug-likeness (QED) is 0.860. The number of amides is 1. The van der Waals surface area contributed by atoms with Crippen LogP contribution in [0.2, 0.25) is 0 Å². The van der Waals surface area contributed by atoms with Crippen molar-refractivity contribution < 1.29 is 9.53 Å². The molecule has 0 aliphatic carbocycles. The lowest BCUT2D eigenvalue weighted by Crippen LogP contribution is -2.49. The molecule has 0 atom stereocenters. The smallest absolute Gasteiger partial charge is 0.236 e. The lowest BCUT2D eigenvalue weighted by molar-refractivity contribution is -0.131. The Bertz CT molecular complexity index is 425. The van der Waals surface area contributed by atoms with Crippen molar-refractivity contribution in [3.8, 4) is 5.75 Å². The number of hydrogen-bond donors (Lipinski definition) is 1. The van der Waals surface area contributed by atoms with Crippen molar-refractivity contribution in [2.45, 2.75) is 13.5 Å². The average Bonchev–Trinajstić information content (AvgIpc) is 2.49. The molecule has 2 rings (SSSR count). The van der Waals surface area contributed by atoms with E-state index in [0.29, 0.717) is 6.61 Å². The average molecular weight is 277 g/mol. The van der Waals surface area contributed by atoms with Gasteiger partial charge < -0.3 is 15.4 Å². The Morgan fingerprint density at radius 1 is 1.20 bits per heavy atom. The normalized spacial score (nSPS) is 16.2. The van der Waals surface area contributed by atoms with E-state index < -0.39 is 0 Å². The van der Waals surface area contributed by atoms with E-state index in [2.05, 4.69) is 17.0 Å². The van der Waals surface area contributed by atoms with E-state index in [0.717, 1.165) is 38.5 Å². The number of nitrogens with two attached hydrogens (primary N) is 1. The highest BCUT2D eigenvalue weighted by Gasteiger charge is 2.19. The first-order chi connectivity index (χ1) is 9.72. The monoisotopic (exact) mass is 277 g/mol. The predicted octanol–water partition coefficient (Wildman–Crippen LogP) is 0.688. The lowest BCUT2D eigenvalue weighted by atomic mass is 10.2. The molecule has 1 aliphatic rings. The summed E-state index contributed by atoms with van der Waals surface area (Å²) in [6.07, 6.45) is 0. The van der Waals surface area contributed by atoms with Crippen LogP contribution in [0.15, 0.2) is 24.3 Å². The van der Waals surface area contributed by atoms with Crippen molar-refractivity contribution in [2.75, 3.05) is 39.3 Å². The molecule has 0 spiro atoms. The van der Waals surface area contributed by atoms with Crippen LogP contribution >= 0.6 is 0 Å². The Balaban J connectivity index is 1.81. The number of ether oxygens (including phenoxy) is 1. The van der Waals surface area contributed by atoms with Crippen LogP contribution in [0.1, 0.15) is 12.5 Å². The molecule has 5 heteroatoms. The topological polar surface area (TPSA) is 58.8 Å². The van der Waals surface area contributed by atoms with E-state index >= 15 is 0 Å². The highest BCUT2D eigenvalue weighted by molar-refractivity contribution is 5.78. The van der Waals surface area contributed by atoms with E-state index in [1.807, 2.05) is 24.0 Å². The fourth-order valence-corrected chi connectivity index (χ4v) is 2.40. The van der Waals surface area contributed by atoms with Gasteiger partial charge >= 0.3 is 0 Å². The minimum atomic E-state index is 0.0470. The molecule has 0 bridgehead atoms. The highest BCUT2D eigenvalue weighted by Crippen LogP contribution is 2.14. The van der Waals surface area contributed by atoms with Crippen LogP contribution < -0.4 is 10.5 Å². The fraction of sp³-hybridized carbons (Fsp3) is 0.533. The van der Waals surface area contributed by atoms with Crippen molar-refractivity contribution in [1.29, 1.82) is 0 Å². The van der Waals surface area contributed by atoms with Gasteiger partial charge in [0.1, 0.15) is 5.75 Å². The number of nitrogens with zero attached hydrogens (tertiary/aromatic N) is 2. The van der Waals surface area contributed by atoms with Gasteiger partial charge in [-0.1, -0.05) is 12.1 Å². The second-order valence-corrected chi connectivity index (χ2v) is 4.94. The van der Waals surface area contributed by atoms with Gasteiger partial charge in [0.05, 0.1) is 13.2 Å². The first kappa shape index (κ1) is 14.8. The number of rotatable bonds is 5. The zero-order valence-corrected chi connectivity index (χ0v) is 12.0. The summed E-state index contributed by atoms with van der Waals surface area (Å²) in [5.41, 5.74) is 6.65. The summed E-state index contributed by atoms with van der Waals surface area (Å²) in [7, 11) is 0. The molecule has 0 saturated carbocycles. The largest absolute Gasteiger partial charge is 0.494 e. The summed E-state index contributed by atoms with van der Waals surface area (Å²) in [5, 5.41) is 0. The van der Waals surface area contributed by atoms with Gasteiger partial charge in [0, 0.05) is 32.7 Å². The van der Waals surface area contributed by atoms with E-state index in [4.69, 9.17) is 10.5 Å². The second-order valence-electron chi connectivity index (χ2n) is 4.94. The van der Waals surface area contributed by atoms with Crippen LogP contribution in [0.4, 0.5) is 0 Å². The summed E-state index contributed by atoms with van der Waals surface area (Å²) < 4.78 is 5.43. The first-order valence-corrected chi connectivity index (χ1v) is 7.15. The van der Waals surface area contributed by atoms with Crippen molar-refractivity contribution in [2.24, 2.45) is 5.73 Å². The van der Waals surface area contributed by atoms with Gasteiger partial charge in [-0.25, -0.2) is 0 Å². The zero-order valence-electron chi connectivity index (χ0n) is 12.0. The van der Waals surface area contributed by atoms with Crippen LogP contribution in [0.5, 0.6) is 5.75 Å². The number of benzene rings is 1. The van der Waals surface area contributed by atoms with E-state index in [1.165, 1.54) is 5.56 Å². The molecular formula is C15H23N3O2. The number of carbonyl (C=O) groups excluding carboxylic acids is 1. The molecule has 2 N–H and O–H groups in total. The standard InChI is InChI=1S/C15H23N3O2/c1-2-20-14-5-3-13(4-6-14)12-17-7-9-18(10-8-17)15(19)11-16/h3-6H,2,7-12,16H2,1H3. The summed E-state index contributed by atoms with van der Waals surface area (Å²) >= 11 is 0. The molecule has 5 nitrogen and oxygen atoms in total. The zero-order chi connectivity index (χ0) is 14.4. The fourth-order valence-electron chi connectivity index (χ4n) is 2.40. The Kier molecular flexibility index (Phi) is 5.38. The van der Waals surface area contributed by atoms with Crippen molar-refractivity contribution in [3.63, 3.8) is 0 Å². The number of carbonyl (C=O) groups is 1. The summed E-state index contributed by atoms with van der Waals surface area (Å²) in [4.78, 5) is 15.7. The Morgan fingerprint density at radius 3 is 2.40 bits per heavy atom. The Hall–Kier alpha value is -1.59. The summed E-state index contributed by atoms with van der Waals surface area (Å²) in [5.74, 6) is 0.959. The van der Waals surface area contributed by atoms with Gasteiger partial charge in [-0.3, -0.25) is 9.69 Å². The number of piperazine rings is 1. The maximum absolute atomic E-state index is 11.5. The molecule has 0 aromatic heterocycles. The minimum Gasteiger partial charge on any atom is -0.494 e. The molecule has 1 fully saturated rings. The van der Waals surface area contributed by atoms with Gasteiger partial charge in [0.2, 0.25) is 5.91 Å². The molecular weight excluding hydrogens is 254 g/mol. The first-order valence-electron chi connectivity index (χ1n) is 7.15. The van der Waals surface area contributed by atoms with Gasteiger partial charge in [-0.2, -0.15) is 0 Å². The number of hydrogen-bond acceptors (Lipinski definition) is 4. The Morgan fingerprint density at radius 2 is 1.85 bits per heavy atom. The van der Waals surface area contributed by atoms with E-state index in [1.54, 1.807) is 0 Å². The van der Waals surface area contributed by atoms with E-state index in [9.17, 15) is 4.79 Å². The van der Waals surface area contributed by atoms with Gasteiger partial charge in [-0.15, -0.1) is 0 Å². The van der Waals surface area contributed by atoms with Crippen molar-refractivity contribution in [3.05, 3.63) is 29.8 Å². The van der Waals surface area contributed by atoms with Gasteiger partial charge in [-0.05, 0) is 24.6 Å². The molecule has 1 saturated heterocycles. The van der Waals surface area contributed by atoms with E-state index in [-0.39, 0.29) is 12.5 Å². The summed E-state index contributed by atoms with van der Waals surface area (Å²) in [6, 6.07) is 8.21. The minimum absolute atomic E-state index is 0.0470. The van der Waals surface area contributed by atoms with Crippen LogP contribution in [0.25, 0.3) is 0 Å². The third-order valence-electron chi connectivity index (χ3n) is 3.54. The lowest BCUT2D eigenvalue weighted by Gasteiger charge is -2.34. The van der Waals surface area contributed by atoms with Gasteiger partial charge in [0.15, 0.2) is 0 Å². The summed E-state index contributed by atoms with van der Waals surface area (Å²) in [6.45, 7) is 7.04. The molecule has 0 unspecified atom stereocenters. The van der Waals surface area contributed by atoms with Crippen LogP contribution in [0.3, 0.4) is 0 Å². The molecule has 1 heterocycles. The second kappa shape index (κ2) is 7.26. The van der Waals surface area contributed by atoms with Crippen molar-refractivity contribution >= 4 is 5.91 Å². The maximum Gasteiger partial charge on any atom is 0.236 e. The van der Waals surface area contributed by atoms with Gasteiger partial charge in [0.25, 0.3) is 0 Å². The van der Waals surface area contributed by atoms with Crippen LogP contribution in [0, 0.1) is 0 Å². The molecule has 1 aromatic rings. The molecule has 0 radical (unpaired) electrons. The molecule has 20 heavy (non-hydrogen) atoms. The highest BCUT2D eigenvalue weighted by atomic mass is 16.5. The molecule has 1 aromatic carbocycles. The molecule has 110 valence electrons. The maximum atomic E-state index is 11.5. The molecule has 1 amide bonds. The molecule has 1 aliphatic heterocycles. The predicted molar refractivity (Wildman–Crippen MR) is 78.5 cm³/mol. The van der Waals surface area contributed by atoms with Crippen LogP contribution in [-0.2, 0) is 11.3 Å². The van der Waals surface area contributed by atoms with Crippen molar-refractivity contribution in [1.82, 2.24) is 9.80 Å². The SMILES string of the molecule is CCOc1ccc(CN2CCN(C(=O)CN)CC2)cc1. The third kappa shape index (κ3) is 3.95.